The minimum atomic E-state index is -1.05. The molecule has 0 spiro atoms. The SMILES string of the molecule is COc1cc(Cn2ncc(C(C(N)=O)c3ccc(C(C)C)cc3)n2)cc(F)c1F. The summed E-state index contributed by atoms with van der Waals surface area (Å²) in [6.45, 7) is 4.24. The monoisotopic (exact) mass is 400 g/mol. The summed E-state index contributed by atoms with van der Waals surface area (Å²) in [5, 5.41) is 8.45. The first-order chi connectivity index (χ1) is 13.8. The van der Waals surface area contributed by atoms with Gasteiger partial charge >= 0.3 is 0 Å². The van der Waals surface area contributed by atoms with Gasteiger partial charge in [0.05, 0.1) is 25.5 Å². The first kappa shape index (κ1) is 20.4. The van der Waals surface area contributed by atoms with Gasteiger partial charge in [-0.05, 0) is 34.7 Å². The molecule has 6 nitrogen and oxygen atoms in total. The van der Waals surface area contributed by atoms with E-state index in [0.717, 1.165) is 11.6 Å². The van der Waals surface area contributed by atoms with E-state index >= 15 is 0 Å². The minimum absolute atomic E-state index is 0.0747. The Bertz CT molecular complexity index is 1020. The van der Waals surface area contributed by atoms with Crippen LogP contribution in [0.1, 0.15) is 48.1 Å². The van der Waals surface area contributed by atoms with E-state index in [2.05, 4.69) is 24.0 Å². The smallest absolute Gasteiger partial charge is 0.231 e. The zero-order valence-corrected chi connectivity index (χ0v) is 16.4. The third kappa shape index (κ3) is 4.42. The maximum absolute atomic E-state index is 13.7. The highest BCUT2D eigenvalue weighted by atomic mass is 19.2. The Morgan fingerprint density at radius 3 is 2.41 bits per heavy atom. The van der Waals surface area contributed by atoms with Crippen LogP contribution in [0.15, 0.2) is 42.6 Å². The van der Waals surface area contributed by atoms with E-state index in [4.69, 9.17) is 10.5 Å². The van der Waals surface area contributed by atoms with Crippen molar-refractivity contribution in [3.63, 3.8) is 0 Å². The van der Waals surface area contributed by atoms with Crippen LogP contribution in [0.3, 0.4) is 0 Å². The third-order valence-electron chi connectivity index (χ3n) is 4.67. The Labute approximate surface area is 167 Å². The van der Waals surface area contributed by atoms with Crippen LogP contribution in [0.5, 0.6) is 5.75 Å². The molecule has 1 heterocycles. The van der Waals surface area contributed by atoms with Crippen molar-refractivity contribution in [1.29, 1.82) is 0 Å². The lowest BCUT2D eigenvalue weighted by molar-refractivity contribution is -0.118. The number of hydrogen-bond donors (Lipinski definition) is 1. The summed E-state index contributed by atoms with van der Waals surface area (Å²) in [7, 11) is 1.26. The van der Waals surface area contributed by atoms with Crippen LogP contribution < -0.4 is 10.5 Å². The van der Waals surface area contributed by atoms with Crippen molar-refractivity contribution in [1.82, 2.24) is 15.0 Å². The normalized spacial score (nSPS) is 12.2. The summed E-state index contributed by atoms with van der Waals surface area (Å²) in [5.74, 6) is -3.22. The predicted molar refractivity (Wildman–Crippen MR) is 104 cm³/mol. The highest BCUT2D eigenvalue weighted by Crippen LogP contribution is 2.25. The lowest BCUT2D eigenvalue weighted by Gasteiger charge is -2.13. The Kier molecular flexibility index (Phi) is 5.91. The fourth-order valence-corrected chi connectivity index (χ4v) is 3.09. The van der Waals surface area contributed by atoms with E-state index in [1.165, 1.54) is 24.2 Å². The van der Waals surface area contributed by atoms with Gasteiger partial charge in [0.2, 0.25) is 11.7 Å². The second-order valence-corrected chi connectivity index (χ2v) is 7.05. The van der Waals surface area contributed by atoms with Gasteiger partial charge in [-0.25, -0.2) is 4.39 Å². The zero-order valence-electron chi connectivity index (χ0n) is 16.4. The topological polar surface area (TPSA) is 83.0 Å². The summed E-state index contributed by atoms with van der Waals surface area (Å²) in [6.07, 6.45) is 1.45. The van der Waals surface area contributed by atoms with E-state index in [1.54, 1.807) is 0 Å². The van der Waals surface area contributed by atoms with Gasteiger partial charge in [0.15, 0.2) is 11.6 Å². The number of nitrogens with zero attached hydrogens (tertiary/aromatic N) is 3. The molecule has 1 amide bonds. The number of amides is 1. The summed E-state index contributed by atoms with van der Waals surface area (Å²) in [4.78, 5) is 13.4. The van der Waals surface area contributed by atoms with E-state index in [-0.39, 0.29) is 12.3 Å². The lowest BCUT2D eigenvalue weighted by Crippen LogP contribution is -2.23. The van der Waals surface area contributed by atoms with Gasteiger partial charge in [-0.2, -0.15) is 19.4 Å². The van der Waals surface area contributed by atoms with Crippen molar-refractivity contribution in [2.75, 3.05) is 7.11 Å². The fraction of sp³-hybridized carbons (Fsp3) is 0.286. The molecule has 3 rings (SSSR count). The quantitative estimate of drug-likeness (QED) is 0.659. The summed E-state index contributed by atoms with van der Waals surface area (Å²) < 4.78 is 32.1. The molecule has 0 aliphatic heterocycles. The van der Waals surface area contributed by atoms with E-state index in [1.807, 2.05) is 24.3 Å². The van der Waals surface area contributed by atoms with Crippen LogP contribution in [0.25, 0.3) is 0 Å². The number of carbonyl (C=O) groups is 1. The van der Waals surface area contributed by atoms with Crippen LogP contribution in [-0.4, -0.2) is 28.0 Å². The Morgan fingerprint density at radius 2 is 1.83 bits per heavy atom. The third-order valence-corrected chi connectivity index (χ3v) is 4.67. The molecule has 1 aromatic heterocycles. The van der Waals surface area contributed by atoms with Gasteiger partial charge in [0.1, 0.15) is 5.92 Å². The highest BCUT2D eigenvalue weighted by molar-refractivity contribution is 5.85. The molecule has 1 atom stereocenters. The Balaban J connectivity index is 1.87. The molecule has 0 saturated heterocycles. The largest absolute Gasteiger partial charge is 0.494 e. The number of rotatable bonds is 7. The standard InChI is InChI=1S/C21H22F2N4O2/c1-12(2)14-4-6-15(7-5-14)19(21(24)28)17-10-25-27(26-17)11-13-8-16(22)20(23)18(9-13)29-3/h4-10,12,19H,11H2,1-3H3,(H2,24,28). The summed E-state index contributed by atoms with van der Waals surface area (Å²) in [6, 6.07) is 10.0. The van der Waals surface area contributed by atoms with Gasteiger partial charge in [-0.3, -0.25) is 4.79 Å². The number of hydrogen-bond acceptors (Lipinski definition) is 4. The van der Waals surface area contributed by atoms with E-state index in [9.17, 15) is 13.6 Å². The van der Waals surface area contributed by atoms with Gasteiger partial charge < -0.3 is 10.5 Å². The molecule has 0 fully saturated rings. The van der Waals surface area contributed by atoms with Crippen molar-refractivity contribution in [3.8, 4) is 5.75 Å². The highest BCUT2D eigenvalue weighted by Gasteiger charge is 2.24. The number of carbonyl (C=O) groups excluding carboxylic acids is 1. The van der Waals surface area contributed by atoms with E-state index in [0.29, 0.717) is 22.7 Å². The second kappa shape index (κ2) is 8.38. The molecule has 0 aliphatic carbocycles. The molecule has 2 aromatic carbocycles. The number of methoxy groups -OCH3 is 1. The van der Waals surface area contributed by atoms with E-state index < -0.39 is 23.5 Å². The number of benzene rings is 2. The van der Waals surface area contributed by atoms with Crippen molar-refractivity contribution >= 4 is 5.91 Å². The molecular formula is C21H22F2N4O2. The van der Waals surface area contributed by atoms with Crippen LogP contribution in [0, 0.1) is 11.6 Å². The first-order valence-electron chi connectivity index (χ1n) is 9.11. The van der Waals surface area contributed by atoms with Gasteiger partial charge in [0.25, 0.3) is 0 Å². The Hall–Kier alpha value is -3.29. The summed E-state index contributed by atoms with van der Waals surface area (Å²) >= 11 is 0. The average Bonchev–Trinajstić information content (AvgIpc) is 3.12. The molecule has 29 heavy (non-hydrogen) atoms. The molecule has 2 N–H and O–H groups in total. The molecular weight excluding hydrogens is 378 g/mol. The predicted octanol–water partition coefficient (Wildman–Crippen LogP) is 3.35. The molecule has 8 heteroatoms. The number of aromatic nitrogens is 3. The molecule has 0 saturated carbocycles. The second-order valence-electron chi connectivity index (χ2n) is 7.05. The first-order valence-corrected chi connectivity index (χ1v) is 9.11. The molecule has 3 aromatic rings. The molecule has 1 unspecified atom stereocenters. The van der Waals surface area contributed by atoms with Gasteiger partial charge in [0, 0.05) is 0 Å². The molecule has 0 aliphatic rings. The zero-order chi connectivity index (χ0) is 21.1. The number of primary amides is 1. The number of nitrogens with two attached hydrogens (primary N) is 1. The number of halogens is 2. The number of ether oxygens (including phenoxy) is 1. The van der Waals surface area contributed by atoms with Crippen molar-refractivity contribution in [3.05, 3.63) is 76.6 Å². The Morgan fingerprint density at radius 1 is 1.17 bits per heavy atom. The molecule has 152 valence electrons. The van der Waals surface area contributed by atoms with Crippen molar-refractivity contribution in [2.45, 2.75) is 32.2 Å². The van der Waals surface area contributed by atoms with Crippen LogP contribution >= 0.6 is 0 Å². The van der Waals surface area contributed by atoms with Crippen molar-refractivity contribution < 1.29 is 18.3 Å². The lowest BCUT2D eigenvalue weighted by atomic mass is 9.93. The maximum Gasteiger partial charge on any atom is 0.231 e. The van der Waals surface area contributed by atoms with Crippen LogP contribution in [0.4, 0.5) is 8.78 Å². The average molecular weight is 400 g/mol. The maximum atomic E-state index is 13.7. The van der Waals surface area contributed by atoms with Crippen LogP contribution in [-0.2, 0) is 11.3 Å². The minimum Gasteiger partial charge on any atom is -0.494 e. The molecule has 0 bridgehead atoms. The van der Waals surface area contributed by atoms with Crippen molar-refractivity contribution in [2.24, 2.45) is 5.73 Å². The molecule has 0 radical (unpaired) electrons. The fourth-order valence-electron chi connectivity index (χ4n) is 3.09. The summed E-state index contributed by atoms with van der Waals surface area (Å²) in [5.41, 5.74) is 8.26. The van der Waals surface area contributed by atoms with Crippen LogP contribution in [0.2, 0.25) is 0 Å². The van der Waals surface area contributed by atoms with Gasteiger partial charge in [-0.1, -0.05) is 38.1 Å². The van der Waals surface area contributed by atoms with Gasteiger partial charge in [-0.15, -0.1) is 0 Å².